The first kappa shape index (κ1) is 29.5. The van der Waals surface area contributed by atoms with Crippen LogP contribution >= 0.6 is 0 Å². The van der Waals surface area contributed by atoms with Crippen LogP contribution in [-0.2, 0) is 26.2 Å². The molecule has 0 aromatic heterocycles. The van der Waals surface area contributed by atoms with E-state index in [-0.39, 0.29) is 37.4 Å². The Morgan fingerprint density at radius 2 is 1.82 bits per heavy atom. The van der Waals surface area contributed by atoms with Gasteiger partial charge < -0.3 is 15.0 Å². The first-order valence-corrected chi connectivity index (χ1v) is 15.2. The van der Waals surface area contributed by atoms with Crippen LogP contribution in [0.15, 0.2) is 48.5 Å². The van der Waals surface area contributed by atoms with Crippen LogP contribution in [0.5, 0.6) is 5.75 Å². The van der Waals surface area contributed by atoms with Crippen LogP contribution in [0.4, 0.5) is 5.69 Å². The number of carbonyl (C=O) groups is 2. The van der Waals surface area contributed by atoms with Gasteiger partial charge in [-0.05, 0) is 61.9 Å². The molecule has 1 saturated carbocycles. The molecule has 1 aliphatic carbocycles. The highest BCUT2D eigenvalue weighted by Crippen LogP contribution is 2.24. The van der Waals surface area contributed by atoms with E-state index in [2.05, 4.69) is 5.32 Å². The van der Waals surface area contributed by atoms with Crippen LogP contribution in [0.25, 0.3) is 0 Å². The van der Waals surface area contributed by atoms with Crippen molar-refractivity contribution in [3.05, 3.63) is 59.7 Å². The van der Waals surface area contributed by atoms with Crippen molar-refractivity contribution < 1.29 is 22.7 Å². The second kappa shape index (κ2) is 13.6. The van der Waals surface area contributed by atoms with E-state index in [1.54, 1.807) is 24.1 Å². The molecular weight excluding hydrogens is 502 g/mol. The Bertz CT molecular complexity index is 1190. The number of carbonyl (C=O) groups excluding carboxylic acids is 2. The standard InChI is InChI=1S/C29H41N3O5S/c1-5-26(29(34)30-24-14-7-8-15-24)31(21-23-13-10-16-25(20-23)37-3)28(33)18-11-19-32(38(4,35)36)27-17-9-6-12-22(27)2/h6,9-10,12-13,16-17,20,24,26H,5,7-8,11,14-15,18-19,21H2,1-4H3,(H,30,34). The van der Waals surface area contributed by atoms with E-state index in [4.69, 9.17) is 4.74 Å². The molecule has 8 nitrogen and oxygen atoms in total. The summed E-state index contributed by atoms with van der Waals surface area (Å²) < 4.78 is 31.8. The molecule has 2 aromatic rings. The number of nitrogens with zero attached hydrogens (tertiary/aromatic N) is 2. The largest absolute Gasteiger partial charge is 0.497 e. The van der Waals surface area contributed by atoms with Crippen LogP contribution in [0, 0.1) is 6.92 Å². The van der Waals surface area contributed by atoms with Gasteiger partial charge in [0.05, 0.1) is 19.1 Å². The Morgan fingerprint density at radius 1 is 1.11 bits per heavy atom. The normalized spacial score (nSPS) is 14.6. The minimum atomic E-state index is -3.53. The smallest absolute Gasteiger partial charge is 0.243 e. The summed E-state index contributed by atoms with van der Waals surface area (Å²) in [6.07, 6.45) is 6.24. The second-order valence-electron chi connectivity index (χ2n) is 10.0. The van der Waals surface area contributed by atoms with Gasteiger partial charge in [0.1, 0.15) is 11.8 Å². The summed E-state index contributed by atoms with van der Waals surface area (Å²) in [6, 6.07) is 14.3. The Kier molecular flexibility index (Phi) is 10.6. The zero-order chi connectivity index (χ0) is 27.7. The average molecular weight is 544 g/mol. The topological polar surface area (TPSA) is 96.0 Å². The summed E-state index contributed by atoms with van der Waals surface area (Å²) in [5.41, 5.74) is 2.32. The van der Waals surface area contributed by atoms with Crippen LogP contribution in [-0.4, -0.2) is 57.1 Å². The van der Waals surface area contributed by atoms with Crippen LogP contribution in [0.2, 0.25) is 0 Å². The number of sulfonamides is 1. The maximum Gasteiger partial charge on any atom is 0.243 e. The number of anilines is 1. The Morgan fingerprint density at radius 3 is 2.45 bits per heavy atom. The Labute approximate surface area is 227 Å². The third-order valence-electron chi connectivity index (χ3n) is 7.11. The van der Waals surface area contributed by atoms with Crippen molar-refractivity contribution in [3.8, 4) is 5.75 Å². The van der Waals surface area contributed by atoms with Gasteiger partial charge in [0.15, 0.2) is 0 Å². The van der Waals surface area contributed by atoms with Gasteiger partial charge in [-0.3, -0.25) is 13.9 Å². The molecule has 0 bridgehead atoms. The predicted molar refractivity (Wildman–Crippen MR) is 151 cm³/mol. The quantitative estimate of drug-likeness (QED) is 0.404. The molecule has 2 amide bonds. The number of ether oxygens (including phenoxy) is 1. The van der Waals surface area contributed by atoms with Crippen LogP contribution < -0.4 is 14.4 Å². The van der Waals surface area contributed by atoms with Gasteiger partial charge in [0.2, 0.25) is 21.8 Å². The van der Waals surface area contributed by atoms with Crippen LogP contribution in [0.1, 0.15) is 63.0 Å². The van der Waals surface area contributed by atoms with Gasteiger partial charge in [-0.15, -0.1) is 0 Å². The molecule has 38 heavy (non-hydrogen) atoms. The maximum atomic E-state index is 13.6. The third kappa shape index (κ3) is 7.96. The minimum Gasteiger partial charge on any atom is -0.497 e. The SMILES string of the molecule is CCC(C(=O)NC1CCCC1)N(Cc1cccc(OC)c1)C(=O)CCCN(c1ccccc1C)S(C)(=O)=O. The van der Waals surface area contributed by atoms with Crippen molar-refractivity contribution in [2.45, 2.75) is 77.4 Å². The molecule has 9 heteroatoms. The fourth-order valence-corrected chi connectivity index (χ4v) is 6.10. The second-order valence-corrected chi connectivity index (χ2v) is 11.9. The number of benzene rings is 2. The molecule has 1 aliphatic rings. The molecule has 0 saturated heterocycles. The van der Waals surface area contributed by atoms with E-state index in [0.29, 0.717) is 24.3 Å². The third-order valence-corrected chi connectivity index (χ3v) is 8.29. The van der Waals surface area contributed by atoms with Gasteiger partial charge in [-0.25, -0.2) is 8.42 Å². The van der Waals surface area contributed by atoms with Gasteiger partial charge in [-0.2, -0.15) is 0 Å². The highest BCUT2D eigenvalue weighted by molar-refractivity contribution is 7.92. The average Bonchev–Trinajstić information content (AvgIpc) is 3.39. The van der Waals surface area contributed by atoms with E-state index in [1.165, 1.54) is 10.6 Å². The zero-order valence-electron chi connectivity index (χ0n) is 23.0. The first-order chi connectivity index (χ1) is 18.1. The molecule has 0 heterocycles. The first-order valence-electron chi connectivity index (χ1n) is 13.4. The molecule has 1 unspecified atom stereocenters. The number of methoxy groups -OCH3 is 1. The molecule has 1 fully saturated rings. The summed E-state index contributed by atoms with van der Waals surface area (Å²) in [5, 5.41) is 3.15. The molecule has 1 atom stereocenters. The Hall–Kier alpha value is -3.07. The van der Waals surface area contributed by atoms with Crippen molar-refractivity contribution in [3.63, 3.8) is 0 Å². The van der Waals surface area contributed by atoms with Crippen LogP contribution in [0.3, 0.4) is 0 Å². The molecule has 2 aromatic carbocycles. The monoisotopic (exact) mass is 543 g/mol. The number of para-hydroxylation sites is 1. The summed E-state index contributed by atoms with van der Waals surface area (Å²) in [4.78, 5) is 28.6. The lowest BCUT2D eigenvalue weighted by atomic mass is 10.1. The molecule has 1 N–H and O–H groups in total. The van der Waals surface area contributed by atoms with Crippen molar-refractivity contribution in [1.29, 1.82) is 0 Å². The predicted octanol–water partition coefficient (Wildman–Crippen LogP) is 4.42. The fourth-order valence-electron chi connectivity index (χ4n) is 5.08. The van der Waals surface area contributed by atoms with E-state index >= 15 is 0 Å². The van der Waals surface area contributed by atoms with E-state index < -0.39 is 16.1 Å². The fraction of sp³-hybridized carbons (Fsp3) is 0.517. The maximum absolute atomic E-state index is 13.6. The molecular formula is C29H41N3O5S. The highest BCUT2D eigenvalue weighted by atomic mass is 32.2. The van der Waals surface area contributed by atoms with Crippen molar-refractivity contribution in [1.82, 2.24) is 10.2 Å². The van der Waals surface area contributed by atoms with E-state index in [9.17, 15) is 18.0 Å². The van der Waals surface area contributed by atoms with Gasteiger partial charge in [-0.1, -0.05) is 50.1 Å². The number of nitrogens with one attached hydrogen (secondary N) is 1. The van der Waals surface area contributed by atoms with E-state index in [1.807, 2.05) is 50.2 Å². The molecule has 208 valence electrons. The van der Waals surface area contributed by atoms with Crippen molar-refractivity contribution in [2.75, 3.05) is 24.2 Å². The van der Waals surface area contributed by atoms with Crippen molar-refractivity contribution >= 4 is 27.5 Å². The molecule has 0 spiro atoms. The summed E-state index contributed by atoms with van der Waals surface area (Å²) in [5.74, 6) is 0.369. The molecule has 0 radical (unpaired) electrons. The minimum absolute atomic E-state index is 0.120. The highest BCUT2D eigenvalue weighted by Gasteiger charge is 2.31. The van der Waals surface area contributed by atoms with Gasteiger partial charge >= 0.3 is 0 Å². The number of rotatable bonds is 13. The number of hydrogen-bond donors (Lipinski definition) is 1. The summed E-state index contributed by atoms with van der Waals surface area (Å²) in [7, 11) is -1.94. The summed E-state index contributed by atoms with van der Waals surface area (Å²) >= 11 is 0. The number of aryl methyl sites for hydroxylation is 1. The zero-order valence-corrected chi connectivity index (χ0v) is 23.8. The number of amides is 2. The summed E-state index contributed by atoms with van der Waals surface area (Å²) in [6.45, 7) is 4.21. The van der Waals surface area contributed by atoms with Gasteiger partial charge in [0.25, 0.3) is 0 Å². The van der Waals surface area contributed by atoms with E-state index in [0.717, 1.165) is 36.8 Å². The van der Waals surface area contributed by atoms with Crippen molar-refractivity contribution in [2.24, 2.45) is 0 Å². The van der Waals surface area contributed by atoms with Gasteiger partial charge in [0, 0.05) is 25.6 Å². The molecule has 3 rings (SSSR count). The lowest BCUT2D eigenvalue weighted by molar-refractivity contribution is -0.141. The Balaban J connectivity index is 1.78. The molecule has 0 aliphatic heterocycles. The lowest BCUT2D eigenvalue weighted by Crippen LogP contribution is -2.51. The number of hydrogen-bond acceptors (Lipinski definition) is 5. The lowest BCUT2D eigenvalue weighted by Gasteiger charge is -2.32.